The number of para-hydroxylation sites is 1. The van der Waals surface area contributed by atoms with Crippen LogP contribution in [0.15, 0.2) is 67.0 Å². The van der Waals surface area contributed by atoms with Crippen molar-refractivity contribution in [1.29, 1.82) is 0 Å². The van der Waals surface area contributed by atoms with Gasteiger partial charge < -0.3 is 15.0 Å². The molecular weight excluding hydrogens is 456 g/mol. The van der Waals surface area contributed by atoms with Gasteiger partial charge in [-0.1, -0.05) is 48.0 Å². The molecular formula is C25H25ClN4O4. The van der Waals surface area contributed by atoms with Crippen molar-refractivity contribution < 1.29 is 19.1 Å². The van der Waals surface area contributed by atoms with E-state index in [4.69, 9.17) is 16.3 Å². The Hall–Kier alpha value is -3.65. The molecule has 1 aromatic heterocycles. The van der Waals surface area contributed by atoms with Crippen LogP contribution in [0.3, 0.4) is 0 Å². The van der Waals surface area contributed by atoms with E-state index in [9.17, 15) is 14.4 Å². The van der Waals surface area contributed by atoms with E-state index in [0.717, 1.165) is 11.3 Å². The van der Waals surface area contributed by atoms with Crippen LogP contribution in [0.4, 0.5) is 5.69 Å². The van der Waals surface area contributed by atoms with Gasteiger partial charge in [0.25, 0.3) is 5.91 Å². The van der Waals surface area contributed by atoms with Crippen molar-refractivity contribution >= 4 is 35.1 Å². The average Bonchev–Trinajstić information content (AvgIpc) is 3.33. The van der Waals surface area contributed by atoms with Crippen LogP contribution < -0.4 is 5.32 Å². The molecule has 1 fully saturated rings. The van der Waals surface area contributed by atoms with E-state index < -0.39 is 5.97 Å². The monoisotopic (exact) mass is 480 g/mol. The number of nitrogens with one attached hydrogen (secondary N) is 1. The van der Waals surface area contributed by atoms with Crippen molar-refractivity contribution in [3.8, 4) is 0 Å². The molecule has 1 N–H and O–H groups in total. The van der Waals surface area contributed by atoms with E-state index in [-0.39, 0.29) is 29.9 Å². The third kappa shape index (κ3) is 6.02. The molecule has 34 heavy (non-hydrogen) atoms. The largest absolute Gasteiger partial charge is 0.452 e. The molecule has 0 atom stereocenters. The van der Waals surface area contributed by atoms with E-state index in [0.29, 0.717) is 37.5 Å². The lowest BCUT2D eigenvalue weighted by molar-refractivity contribution is -0.137. The molecule has 0 spiro atoms. The van der Waals surface area contributed by atoms with E-state index in [1.54, 1.807) is 21.8 Å². The fourth-order valence-electron chi connectivity index (χ4n) is 3.82. The van der Waals surface area contributed by atoms with Gasteiger partial charge in [-0.2, -0.15) is 5.10 Å². The predicted molar refractivity (Wildman–Crippen MR) is 127 cm³/mol. The first-order chi connectivity index (χ1) is 16.5. The number of likely N-dealkylation sites (tertiary alicyclic amines) is 1. The molecule has 1 saturated heterocycles. The van der Waals surface area contributed by atoms with Gasteiger partial charge in [0.2, 0.25) is 5.91 Å². The predicted octanol–water partition coefficient (Wildman–Crippen LogP) is 3.62. The maximum atomic E-state index is 12.5. The number of halogens is 1. The van der Waals surface area contributed by atoms with Crippen LogP contribution >= 0.6 is 11.6 Å². The minimum atomic E-state index is -0.615. The zero-order valence-corrected chi connectivity index (χ0v) is 19.3. The quantitative estimate of drug-likeness (QED) is 0.521. The Labute approximate surface area is 202 Å². The highest BCUT2D eigenvalue weighted by atomic mass is 35.5. The Balaban J connectivity index is 1.21. The van der Waals surface area contributed by atoms with Crippen molar-refractivity contribution in [3.63, 3.8) is 0 Å². The highest BCUT2D eigenvalue weighted by molar-refractivity contribution is 6.31. The number of nitrogens with zero attached hydrogens (tertiary/aromatic N) is 3. The van der Waals surface area contributed by atoms with Gasteiger partial charge in [0, 0.05) is 35.9 Å². The summed E-state index contributed by atoms with van der Waals surface area (Å²) in [5.74, 6) is -1.09. The molecule has 0 saturated carbocycles. The summed E-state index contributed by atoms with van der Waals surface area (Å²) in [6.07, 6.45) is 4.09. The third-order valence-electron chi connectivity index (χ3n) is 5.75. The van der Waals surface area contributed by atoms with Crippen molar-refractivity contribution in [2.75, 3.05) is 25.0 Å². The average molecular weight is 481 g/mol. The topological polar surface area (TPSA) is 93.5 Å². The molecule has 1 aliphatic rings. The lowest BCUT2D eigenvalue weighted by Crippen LogP contribution is -2.43. The fraction of sp³-hybridized carbons (Fsp3) is 0.280. The van der Waals surface area contributed by atoms with Crippen molar-refractivity contribution in [2.45, 2.75) is 19.4 Å². The molecule has 2 heterocycles. The Morgan fingerprint density at radius 3 is 2.47 bits per heavy atom. The maximum absolute atomic E-state index is 12.5. The minimum absolute atomic E-state index is 0.0430. The fourth-order valence-corrected chi connectivity index (χ4v) is 4.01. The number of hydrogen-bond donors (Lipinski definition) is 1. The molecule has 1 aliphatic heterocycles. The standard InChI is InChI=1S/C25H25ClN4O4/c26-22-9-5-4-6-19(22)15-30-16-20(14-27-30)25(33)34-17-23(31)29-12-10-18(11-13-29)24(32)28-21-7-2-1-3-8-21/h1-9,14,16,18H,10-13,15,17H2,(H,28,32). The Morgan fingerprint density at radius 1 is 1.03 bits per heavy atom. The lowest BCUT2D eigenvalue weighted by atomic mass is 9.95. The highest BCUT2D eigenvalue weighted by Gasteiger charge is 2.28. The third-order valence-corrected chi connectivity index (χ3v) is 6.11. The summed E-state index contributed by atoms with van der Waals surface area (Å²) in [5, 5.41) is 7.70. The Bertz CT molecular complexity index is 1160. The molecule has 3 aromatic rings. The Morgan fingerprint density at radius 2 is 1.74 bits per heavy atom. The van der Waals surface area contributed by atoms with Crippen LogP contribution in [0.25, 0.3) is 0 Å². The SMILES string of the molecule is O=C(OCC(=O)N1CCC(C(=O)Nc2ccccc2)CC1)c1cnn(Cc2ccccc2Cl)c1. The van der Waals surface area contributed by atoms with Gasteiger partial charge in [-0.25, -0.2) is 4.79 Å². The number of hydrogen-bond acceptors (Lipinski definition) is 5. The molecule has 8 nitrogen and oxygen atoms in total. The summed E-state index contributed by atoms with van der Waals surface area (Å²) in [4.78, 5) is 38.9. The molecule has 2 aromatic carbocycles. The number of piperidine rings is 1. The molecule has 0 unspecified atom stereocenters. The van der Waals surface area contributed by atoms with Gasteiger partial charge in [0.15, 0.2) is 6.61 Å². The highest BCUT2D eigenvalue weighted by Crippen LogP contribution is 2.20. The van der Waals surface area contributed by atoms with Crippen LogP contribution in [0.2, 0.25) is 5.02 Å². The second-order valence-electron chi connectivity index (χ2n) is 8.10. The Kier molecular flexibility index (Phi) is 7.59. The van der Waals surface area contributed by atoms with Crippen molar-refractivity contribution in [2.24, 2.45) is 5.92 Å². The summed E-state index contributed by atoms with van der Waals surface area (Å²) in [5.41, 5.74) is 1.90. The van der Waals surface area contributed by atoms with Crippen LogP contribution in [0.1, 0.15) is 28.8 Å². The van der Waals surface area contributed by atoms with E-state index in [1.807, 2.05) is 48.5 Å². The van der Waals surface area contributed by atoms with Crippen molar-refractivity contribution in [3.05, 3.63) is 83.1 Å². The molecule has 0 aliphatic carbocycles. The van der Waals surface area contributed by atoms with Crippen LogP contribution in [0.5, 0.6) is 0 Å². The zero-order chi connectivity index (χ0) is 23.9. The molecule has 0 radical (unpaired) electrons. The van der Waals surface area contributed by atoms with Gasteiger partial charge in [-0.3, -0.25) is 14.3 Å². The zero-order valence-electron chi connectivity index (χ0n) is 18.5. The summed E-state index contributed by atoms with van der Waals surface area (Å²) < 4.78 is 6.78. The van der Waals surface area contributed by atoms with Crippen LogP contribution in [-0.2, 0) is 20.9 Å². The number of aromatic nitrogens is 2. The second-order valence-corrected chi connectivity index (χ2v) is 8.51. The lowest BCUT2D eigenvalue weighted by Gasteiger charge is -2.31. The van der Waals surface area contributed by atoms with Crippen molar-refractivity contribution in [1.82, 2.24) is 14.7 Å². The number of anilines is 1. The number of ether oxygens (including phenoxy) is 1. The molecule has 4 rings (SSSR count). The molecule has 2 amide bonds. The van der Waals surface area contributed by atoms with E-state index in [1.165, 1.54) is 6.20 Å². The van der Waals surface area contributed by atoms with Gasteiger partial charge in [-0.05, 0) is 36.6 Å². The maximum Gasteiger partial charge on any atom is 0.341 e. The first-order valence-corrected chi connectivity index (χ1v) is 11.4. The summed E-state index contributed by atoms with van der Waals surface area (Å²) in [6, 6.07) is 16.7. The number of amides is 2. The summed E-state index contributed by atoms with van der Waals surface area (Å²) in [6.45, 7) is 0.951. The van der Waals surface area contributed by atoms with Gasteiger partial charge in [-0.15, -0.1) is 0 Å². The molecule has 9 heteroatoms. The normalized spacial score (nSPS) is 14.0. The summed E-state index contributed by atoms with van der Waals surface area (Å²) in [7, 11) is 0. The van der Waals surface area contributed by atoms with Gasteiger partial charge >= 0.3 is 5.97 Å². The first kappa shape index (κ1) is 23.5. The number of benzene rings is 2. The van der Waals surface area contributed by atoms with Crippen LogP contribution in [-0.4, -0.2) is 52.2 Å². The van der Waals surface area contributed by atoms with E-state index in [2.05, 4.69) is 10.4 Å². The van der Waals surface area contributed by atoms with Gasteiger partial charge in [0.05, 0.1) is 18.3 Å². The molecule has 0 bridgehead atoms. The minimum Gasteiger partial charge on any atom is -0.452 e. The number of rotatable bonds is 7. The number of esters is 1. The second kappa shape index (κ2) is 11.0. The summed E-state index contributed by atoms with van der Waals surface area (Å²) >= 11 is 6.17. The van der Waals surface area contributed by atoms with Gasteiger partial charge in [0.1, 0.15) is 0 Å². The number of carbonyl (C=O) groups is 3. The van der Waals surface area contributed by atoms with Crippen LogP contribution in [0, 0.1) is 5.92 Å². The smallest absolute Gasteiger partial charge is 0.341 e. The molecule has 176 valence electrons. The number of carbonyl (C=O) groups excluding carboxylic acids is 3. The first-order valence-electron chi connectivity index (χ1n) is 11.1. The van der Waals surface area contributed by atoms with E-state index >= 15 is 0 Å².